The summed E-state index contributed by atoms with van der Waals surface area (Å²) in [6.07, 6.45) is 1.80. The minimum atomic E-state index is -0.233. The van der Waals surface area contributed by atoms with E-state index in [1.165, 1.54) is 5.56 Å². The van der Waals surface area contributed by atoms with Gasteiger partial charge in [-0.1, -0.05) is 45.0 Å². The Morgan fingerprint density at radius 3 is 2.57 bits per heavy atom. The summed E-state index contributed by atoms with van der Waals surface area (Å²) < 4.78 is 0. The zero-order chi connectivity index (χ0) is 21.3. The number of nitrogens with zero attached hydrogens (tertiary/aromatic N) is 2. The largest absolute Gasteiger partial charge is 0.343 e. The maximum Gasteiger partial charge on any atom is 0.251 e. The lowest BCUT2D eigenvalue weighted by Gasteiger charge is -2.23. The molecule has 2 aromatic carbocycles. The number of H-pyrrole nitrogens is 1. The molecule has 156 valence electrons. The van der Waals surface area contributed by atoms with Gasteiger partial charge in [-0.3, -0.25) is 9.59 Å². The van der Waals surface area contributed by atoms with E-state index >= 15 is 0 Å². The van der Waals surface area contributed by atoms with Crippen molar-refractivity contribution in [2.24, 2.45) is 0 Å². The number of aromatic nitrogens is 2. The molecule has 6 nitrogen and oxygen atoms in total. The Balaban J connectivity index is 1.40. The van der Waals surface area contributed by atoms with Gasteiger partial charge in [0.05, 0.1) is 23.6 Å². The molecule has 1 saturated heterocycles. The minimum Gasteiger partial charge on any atom is -0.343 e. The van der Waals surface area contributed by atoms with Crippen LogP contribution >= 0.6 is 0 Å². The zero-order valence-corrected chi connectivity index (χ0v) is 17.7. The first-order chi connectivity index (χ1) is 14.3. The molecule has 2 heterocycles. The first-order valence-electron chi connectivity index (χ1n) is 10.5. The number of aromatic amines is 1. The van der Waals surface area contributed by atoms with E-state index in [2.05, 4.69) is 36.1 Å². The SMILES string of the molecule is CC(C)(C)c1ccc(C(=O)NCC(=O)N2CCC[C@H]2c2nc3ccccc3[nH]2)cc1. The van der Waals surface area contributed by atoms with Gasteiger partial charge in [-0.25, -0.2) is 4.98 Å². The molecule has 1 aromatic heterocycles. The second-order valence-electron chi connectivity index (χ2n) is 8.89. The number of hydrogen-bond donors (Lipinski definition) is 2. The van der Waals surface area contributed by atoms with Crippen molar-refractivity contribution in [3.05, 3.63) is 65.5 Å². The molecule has 6 heteroatoms. The fourth-order valence-corrected chi connectivity index (χ4v) is 3.96. The molecule has 0 bridgehead atoms. The number of imidazole rings is 1. The van der Waals surface area contributed by atoms with Crippen LogP contribution in [0.5, 0.6) is 0 Å². The van der Waals surface area contributed by atoms with Crippen molar-refractivity contribution in [3.8, 4) is 0 Å². The third kappa shape index (κ3) is 4.08. The number of hydrogen-bond acceptors (Lipinski definition) is 3. The molecule has 1 atom stereocenters. The van der Waals surface area contributed by atoms with E-state index < -0.39 is 0 Å². The molecule has 2 N–H and O–H groups in total. The molecular formula is C24H28N4O2. The van der Waals surface area contributed by atoms with Gasteiger partial charge in [-0.05, 0) is 48.1 Å². The summed E-state index contributed by atoms with van der Waals surface area (Å²) in [6.45, 7) is 7.06. The average Bonchev–Trinajstić information content (AvgIpc) is 3.37. The Kier molecular flexibility index (Phi) is 5.33. The molecule has 0 spiro atoms. The number of para-hydroxylation sites is 2. The summed E-state index contributed by atoms with van der Waals surface area (Å²) in [4.78, 5) is 35.1. The molecule has 4 rings (SSSR count). The highest BCUT2D eigenvalue weighted by molar-refractivity contribution is 5.96. The summed E-state index contributed by atoms with van der Waals surface area (Å²) in [7, 11) is 0. The van der Waals surface area contributed by atoms with Gasteiger partial charge in [0.25, 0.3) is 5.91 Å². The molecule has 2 amide bonds. The van der Waals surface area contributed by atoms with Gasteiger partial charge in [-0.15, -0.1) is 0 Å². The Hall–Kier alpha value is -3.15. The van der Waals surface area contributed by atoms with Crippen LogP contribution in [0.25, 0.3) is 11.0 Å². The van der Waals surface area contributed by atoms with Crippen LogP contribution in [0.15, 0.2) is 48.5 Å². The number of rotatable bonds is 4. The minimum absolute atomic E-state index is 0.0173. The highest BCUT2D eigenvalue weighted by Gasteiger charge is 2.32. The van der Waals surface area contributed by atoms with Crippen molar-refractivity contribution < 1.29 is 9.59 Å². The fraction of sp³-hybridized carbons (Fsp3) is 0.375. The number of nitrogens with one attached hydrogen (secondary N) is 2. The van der Waals surface area contributed by atoms with E-state index in [-0.39, 0.29) is 29.8 Å². The molecule has 30 heavy (non-hydrogen) atoms. The van der Waals surface area contributed by atoms with Gasteiger partial charge in [0.1, 0.15) is 5.82 Å². The van der Waals surface area contributed by atoms with E-state index in [1.54, 1.807) is 0 Å². The van der Waals surface area contributed by atoms with Crippen LogP contribution < -0.4 is 5.32 Å². The summed E-state index contributed by atoms with van der Waals surface area (Å²) in [6, 6.07) is 15.3. The van der Waals surface area contributed by atoms with E-state index in [0.717, 1.165) is 29.7 Å². The summed E-state index contributed by atoms with van der Waals surface area (Å²) >= 11 is 0. The monoisotopic (exact) mass is 404 g/mol. The summed E-state index contributed by atoms with van der Waals surface area (Å²) in [5.41, 5.74) is 3.64. The molecule has 0 radical (unpaired) electrons. The molecule has 0 saturated carbocycles. The maximum absolute atomic E-state index is 12.8. The number of carbonyl (C=O) groups excluding carboxylic acids is 2. The lowest BCUT2D eigenvalue weighted by Crippen LogP contribution is -2.40. The predicted molar refractivity (Wildman–Crippen MR) is 117 cm³/mol. The number of benzene rings is 2. The standard InChI is InChI=1S/C24H28N4O2/c1-24(2,3)17-12-10-16(11-13-17)23(30)25-15-21(29)28-14-6-9-20(28)22-26-18-7-4-5-8-19(18)27-22/h4-5,7-8,10-13,20H,6,9,14-15H2,1-3H3,(H,25,30)(H,26,27)/t20-/m0/s1. The molecular weight excluding hydrogens is 376 g/mol. The third-order valence-corrected chi connectivity index (χ3v) is 5.71. The fourth-order valence-electron chi connectivity index (χ4n) is 3.96. The molecule has 1 fully saturated rings. The lowest BCUT2D eigenvalue weighted by atomic mass is 9.87. The van der Waals surface area contributed by atoms with Crippen molar-refractivity contribution in [2.45, 2.75) is 45.1 Å². The van der Waals surface area contributed by atoms with Gasteiger partial charge in [0.2, 0.25) is 5.91 Å². The van der Waals surface area contributed by atoms with Crippen molar-refractivity contribution in [1.29, 1.82) is 0 Å². The second-order valence-corrected chi connectivity index (χ2v) is 8.89. The van der Waals surface area contributed by atoms with Gasteiger partial charge in [0, 0.05) is 12.1 Å². The van der Waals surface area contributed by atoms with Crippen molar-refractivity contribution in [2.75, 3.05) is 13.1 Å². The molecule has 0 aliphatic carbocycles. The van der Waals surface area contributed by atoms with Crippen LogP contribution in [0.2, 0.25) is 0 Å². The van der Waals surface area contributed by atoms with Gasteiger partial charge in [0.15, 0.2) is 0 Å². The normalized spacial score (nSPS) is 16.8. The van der Waals surface area contributed by atoms with Crippen LogP contribution in [-0.2, 0) is 10.2 Å². The van der Waals surface area contributed by atoms with E-state index in [0.29, 0.717) is 12.1 Å². The maximum atomic E-state index is 12.8. The summed E-state index contributed by atoms with van der Waals surface area (Å²) in [5.74, 6) is 0.493. The Morgan fingerprint density at radius 1 is 1.13 bits per heavy atom. The van der Waals surface area contributed by atoms with Gasteiger partial charge >= 0.3 is 0 Å². The molecule has 0 unspecified atom stereocenters. The number of carbonyl (C=O) groups is 2. The topological polar surface area (TPSA) is 78.1 Å². The Labute approximate surface area is 176 Å². The zero-order valence-electron chi connectivity index (χ0n) is 17.7. The number of fused-ring (bicyclic) bond motifs is 1. The first kappa shape index (κ1) is 20.1. The Bertz CT molecular complexity index is 1030. The van der Waals surface area contributed by atoms with Crippen LogP contribution in [0.3, 0.4) is 0 Å². The lowest BCUT2D eigenvalue weighted by molar-refractivity contribution is -0.131. The number of likely N-dealkylation sites (tertiary alicyclic amines) is 1. The van der Waals surface area contributed by atoms with E-state index in [1.807, 2.05) is 53.4 Å². The van der Waals surface area contributed by atoms with Crippen LogP contribution in [0.4, 0.5) is 0 Å². The smallest absolute Gasteiger partial charge is 0.251 e. The molecule has 1 aliphatic heterocycles. The van der Waals surface area contributed by atoms with Crippen molar-refractivity contribution in [3.63, 3.8) is 0 Å². The second kappa shape index (κ2) is 7.94. The van der Waals surface area contributed by atoms with Crippen LogP contribution in [0, 0.1) is 0 Å². The van der Waals surface area contributed by atoms with Crippen LogP contribution in [-0.4, -0.2) is 39.8 Å². The van der Waals surface area contributed by atoms with Gasteiger partial charge in [-0.2, -0.15) is 0 Å². The predicted octanol–water partition coefficient (Wildman–Crippen LogP) is 3.95. The Morgan fingerprint density at radius 2 is 1.87 bits per heavy atom. The quantitative estimate of drug-likeness (QED) is 0.691. The van der Waals surface area contributed by atoms with Crippen molar-refractivity contribution >= 4 is 22.8 Å². The molecule has 1 aliphatic rings. The average molecular weight is 405 g/mol. The van der Waals surface area contributed by atoms with E-state index in [4.69, 9.17) is 0 Å². The van der Waals surface area contributed by atoms with Crippen LogP contribution in [0.1, 0.15) is 61.4 Å². The highest BCUT2D eigenvalue weighted by atomic mass is 16.2. The van der Waals surface area contributed by atoms with Crippen molar-refractivity contribution in [1.82, 2.24) is 20.2 Å². The highest BCUT2D eigenvalue weighted by Crippen LogP contribution is 2.31. The van der Waals surface area contributed by atoms with Gasteiger partial charge < -0.3 is 15.2 Å². The van der Waals surface area contributed by atoms with E-state index in [9.17, 15) is 9.59 Å². The molecule has 3 aromatic rings. The first-order valence-corrected chi connectivity index (χ1v) is 10.5. The number of amides is 2. The third-order valence-electron chi connectivity index (χ3n) is 5.71. The summed E-state index contributed by atoms with van der Waals surface area (Å²) in [5, 5.41) is 2.77.